The lowest BCUT2D eigenvalue weighted by molar-refractivity contribution is -0.132. The first-order chi connectivity index (χ1) is 17.0. The Kier molecular flexibility index (Phi) is 18.7. The summed E-state index contributed by atoms with van der Waals surface area (Å²) in [6, 6.07) is 0. The number of ether oxygens (including phenoxy) is 3. The minimum Gasteiger partial charge on any atom is -0.377 e. The fraction of sp³-hybridized carbons (Fsp3) is 0.808. The molecule has 0 rings (SSSR count). The average molecular weight is 515 g/mol. The largest absolute Gasteiger partial charge is 0.377 e. The van der Waals surface area contributed by atoms with Crippen molar-refractivity contribution in [1.29, 1.82) is 0 Å². The number of nitrogens with one attached hydrogen (secondary N) is 2. The van der Waals surface area contributed by atoms with Crippen molar-refractivity contribution < 1.29 is 38.2 Å². The Balaban J connectivity index is 4.01. The summed E-state index contributed by atoms with van der Waals surface area (Å²) in [6.45, 7) is 10.9. The van der Waals surface area contributed by atoms with E-state index in [-0.39, 0.29) is 68.2 Å². The normalized spacial score (nSPS) is 12.1. The highest BCUT2D eigenvalue weighted by Crippen LogP contribution is 2.24. The standard InChI is InChI=1S/C26H46N2O8/c1-6-34-18-24(32)28-13-14-35-15-16-36-19-25(33)27-12-8-7-9-21(17-23(31)26(3,4)5)22(30)11-10-20(2)29/h21H,6-19H2,1-5H3,(H,27,33)(H,28,32)/t21-/m1/s1. The predicted octanol–water partition coefficient (Wildman–Crippen LogP) is 2.02. The van der Waals surface area contributed by atoms with Crippen molar-refractivity contribution in [2.24, 2.45) is 11.3 Å². The molecule has 1 atom stereocenters. The van der Waals surface area contributed by atoms with Crippen LogP contribution in [0.1, 0.15) is 73.1 Å². The molecule has 0 fully saturated rings. The summed E-state index contributed by atoms with van der Waals surface area (Å²) in [7, 11) is 0. The SMILES string of the molecule is CCOCC(=O)NCCOCCOCC(=O)NCCCC[C@H](CC(=O)C(C)(C)C)C(=O)CCC(C)=O. The van der Waals surface area contributed by atoms with Crippen LogP contribution < -0.4 is 10.6 Å². The highest BCUT2D eigenvalue weighted by molar-refractivity contribution is 5.91. The zero-order valence-electron chi connectivity index (χ0n) is 22.7. The molecule has 0 heterocycles. The summed E-state index contributed by atoms with van der Waals surface area (Å²) < 4.78 is 15.6. The van der Waals surface area contributed by atoms with E-state index in [4.69, 9.17) is 14.2 Å². The van der Waals surface area contributed by atoms with Gasteiger partial charge >= 0.3 is 0 Å². The van der Waals surface area contributed by atoms with Crippen LogP contribution in [-0.2, 0) is 38.2 Å². The second-order valence-corrected chi connectivity index (χ2v) is 9.74. The van der Waals surface area contributed by atoms with Gasteiger partial charge in [0.2, 0.25) is 11.8 Å². The third kappa shape index (κ3) is 19.1. The monoisotopic (exact) mass is 514 g/mol. The third-order valence-corrected chi connectivity index (χ3v) is 5.36. The van der Waals surface area contributed by atoms with E-state index < -0.39 is 11.3 Å². The van der Waals surface area contributed by atoms with Gasteiger partial charge in [0.1, 0.15) is 30.6 Å². The molecule has 0 aromatic carbocycles. The number of carbonyl (C=O) groups excluding carboxylic acids is 5. The molecule has 0 aromatic heterocycles. The van der Waals surface area contributed by atoms with Crippen molar-refractivity contribution in [2.75, 3.05) is 52.7 Å². The molecule has 2 N–H and O–H groups in total. The van der Waals surface area contributed by atoms with Gasteiger partial charge in [0.25, 0.3) is 0 Å². The molecule has 36 heavy (non-hydrogen) atoms. The first kappa shape index (κ1) is 33.8. The fourth-order valence-corrected chi connectivity index (χ4v) is 3.10. The van der Waals surface area contributed by atoms with Crippen LogP contribution in [0.2, 0.25) is 0 Å². The number of carbonyl (C=O) groups is 5. The molecule has 10 nitrogen and oxygen atoms in total. The van der Waals surface area contributed by atoms with E-state index in [1.165, 1.54) is 6.92 Å². The maximum Gasteiger partial charge on any atom is 0.246 e. The Morgan fingerprint density at radius 3 is 2.00 bits per heavy atom. The van der Waals surface area contributed by atoms with E-state index in [2.05, 4.69) is 10.6 Å². The predicted molar refractivity (Wildman–Crippen MR) is 135 cm³/mol. The summed E-state index contributed by atoms with van der Waals surface area (Å²) in [6.07, 6.45) is 2.45. The molecule has 0 spiro atoms. The highest BCUT2D eigenvalue weighted by atomic mass is 16.5. The zero-order valence-corrected chi connectivity index (χ0v) is 22.7. The first-order valence-corrected chi connectivity index (χ1v) is 12.8. The molecule has 0 saturated carbocycles. The maximum atomic E-state index is 12.6. The second kappa shape index (κ2) is 20.0. The Labute approximate surface area is 215 Å². The van der Waals surface area contributed by atoms with Crippen molar-refractivity contribution in [3.63, 3.8) is 0 Å². The molecular formula is C26H46N2O8. The van der Waals surface area contributed by atoms with Crippen LogP contribution in [0.15, 0.2) is 0 Å². The Morgan fingerprint density at radius 1 is 0.778 bits per heavy atom. The molecule has 2 amide bonds. The van der Waals surface area contributed by atoms with E-state index in [0.29, 0.717) is 52.2 Å². The summed E-state index contributed by atoms with van der Waals surface area (Å²) in [5, 5.41) is 5.43. The van der Waals surface area contributed by atoms with E-state index in [0.717, 1.165) is 0 Å². The average Bonchev–Trinajstić information content (AvgIpc) is 2.80. The molecule has 0 aliphatic rings. The number of hydrogen-bond donors (Lipinski definition) is 2. The van der Waals surface area contributed by atoms with Crippen LogP contribution in [-0.4, -0.2) is 81.9 Å². The summed E-state index contributed by atoms with van der Waals surface area (Å²) in [4.78, 5) is 59.4. The Hall–Kier alpha value is -2.17. The van der Waals surface area contributed by atoms with Gasteiger partial charge in [-0.25, -0.2) is 0 Å². The smallest absolute Gasteiger partial charge is 0.246 e. The molecule has 0 radical (unpaired) electrons. The topological polar surface area (TPSA) is 137 Å². The van der Waals surface area contributed by atoms with Crippen LogP contribution in [0.3, 0.4) is 0 Å². The van der Waals surface area contributed by atoms with Crippen LogP contribution in [0.4, 0.5) is 0 Å². The summed E-state index contributed by atoms with van der Waals surface area (Å²) in [5.74, 6) is -0.882. The van der Waals surface area contributed by atoms with Gasteiger partial charge in [-0.3, -0.25) is 19.2 Å². The Bertz CT molecular complexity index is 688. The molecule has 0 aliphatic heterocycles. The van der Waals surface area contributed by atoms with Crippen molar-refractivity contribution >= 4 is 29.2 Å². The van der Waals surface area contributed by atoms with Crippen molar-refractivity contribution in [1.82, 2.24) is 10.6 Å². The van der Waals surface area contributed by atoms with Gasteiger partial charge in [0.05, 0.1) is 19.8 Å². The molecule has 0 bridgehead atoms. The lowest BCUT2D eigenvalue weighted by Crippen LogP contribution is -2.31. The van der Waals surface area contributed by atoms with Crippen molar-refractivity contribution in [3.8, 4) is 0 Å². The molecular weight excluding hydrogens is 468 g/mol. The number of rotatable bonds is 22. The molecule has 0 unspecified atom stereocenters. The van der Waals surface area contributed by atoms with E-state index in [9.17, 15) is 24.0 Å². The van der Waals surface area contributed by atoms with Crippen molar-refractivity contribution in [3.05, 3.63) is 0 Å². The summed E-state index contributed by atoms with van der Waals surface area (Å²) in [5.41, 5.74) is -0.516. The van der Waals surface area contributed by atoms with Crippen LogP contribution >= 0.6 is 0 Å². The van der Waals surface area contributed by atoms with Gasteiger partial charge in [-0.05, 0) is 26.7 Å². The second-order valence-electron chi connectivity index (χ2n) is 9.74. The van der Waals surface area contributed by atoms with E-state index in [1.807, 2.05) is 27.7 Å². The first-order valence-electron chi connectivity index (χ1n) is 12.8. The summed E-state index contributed by atoms with van der Waals surface area (Å²) >= 11 is 0. The van der Waals surface area contributed by atoms with Gasteiger partial charge in [-0.2, -0.15) is 0 Å². The molecule has 0 aromatic rings. The third-order valence-electron chi connectivity index (χ3n) is 5.36. The van der Waals surface area contributed by atoms with Crippen molar-refractivity contribution in [2.45, 2.75) is 73.1 Å². The molecule has 0 saturated heterocycles. The van der Waals surface area contributed by atoms with Gasteiger partial charge in [-0.1, -0.05) is 27.2 Å². The number of Topliss-reactive ketones (excluding diaryl/α,β-unsaturated/α-hetero) is 3. The van der Waals surface area contributed by atoms with E-state index in [1.54, 1.807) is 0 Å². The van der Waals surface area contributed by atoms with Gasteiger partial charge in [-0.15, -0.1) is 0 Å². The van der Waals surface area contributed by atoms with Gasteiger partial charge in [0, 0.05) is 50.3 Å². The fourth-order valence-electron chi connectivity index (χ4n) is 3.10. The van der Waals surface area contributed by atoms with Gasteiger partial charge < -0.3 is 29.6 Å². The minimum atomic E-state index is -0.516. The molecule has 208 valence electrons. The molecule has 10 heteroatoms. The zero-order chi connectivity index (χ0) is 27.4. The van der Waals surface area contributed by atoms with E-state index >= 15 is 0 Å². The number of amides is 2. The number of hydrogen-bond acceptors (Lipinski definition) is 8. The highest BCUT2D eigenvalue weighted by Gasteiger charge is 2.28. The lowest BCUT2D eigenvalue weighted by Gasteiger charge is -2.21. The van der Waals surface area contributed by atoms with Gasteiger partial charge in [0.15, 0.2) is 0 Å². The van der Waals surface area contributed by atoms with Crippen LogP contribution in [0, 0.1) is 11.3 Å². The van der Waals surface area contributed by atoms with Crippen LogP contribution in [0.5, 0.6) is 0 Å². The quantitative estimate of drug-likeness (QED) is 0.209. The van der Waals surface area contributed by atoms with Crippen LogP contribution in [0.25, 0.3) is 0 Å². The minimum absolute atomic E-state index is 0.0319. The Morgan fingerprint density at radius 2 is 1.39 bits per heavy atom. The number of ketones is 3. The molecule has 0 aliphatic carbocycles. The number of unbranched alkanes of at least 4 members (excludes halogenated alkanes) is 1. The lowest BCUT2D eigenvalue weighted by atomic mass is 9.81. The maximum absolute atomic E-state index is 12.6.